The molecule has 0 saturated heterocycles. The SMILES string of the molecule is CC.COc1ccc(Cn2c(=O)c3c(Oc4cccc(O)c4C)cc(=O)n(C)c3n(-c3ccc(C)cc3F)c2=O)cc1. The van der Waals surface area contributed by atoms with Crippen LogP contribution in [0.25, 0.3) is 16.7 Å². The summed E-state index contributed by atoms with van der Waals surface area (Å²) in [5.41, 5.74) is -0.802. The van der Waals surface area contributed by atoms with E-state index in [0.29, 0.717) is 22.4 Å². The van der Waals surface area contributed by atoms with Gasteiger partial charge < -0.3 is 14.6 Å². The molecule has 10 heteroatoms. The number of aromatic hydroxyl groups is 1. The van der Waals surface area contributed by atoms with E-state index < -0.39 is 22.6 Å². The normalized spacial score (nSPS) is 10.7. The van der Waals surface area contributed by atoms with Crippen LogP contribution in [0.4, 0.5) is 4.39 Å². The number of fused-ring (bicyclic) bond motifs is 1. The average Bonchev–Trinajstić information content (AvgIpc) is 2.98. The van der Waals surface area contributed by atoms with Gasteiger partial charge in [-0.25, -0.2) is 13.8 Å². The number of nitrogens with zero attached hydrogens (tertiary/aromatic N) is 3. The smallest absolute Gasteiger partial charge is 0.337 e. The molecular formula is C32H32FN3O6. The summed E-state index contributed by atoms with van der Waals surface area (Å²) in [6.45, 7) is 7.18. The molecule has 0 spiro atoms. The van der Waals surface area contributed by atoms with Crippen molar-refractivity contribution in [3.63, 3.8) is 0 Å². The van der Waals surface area contributed by atoms with Crippen LogP contribution in [0.1, 0.15) is 30.5 Å². The quantitative estimate of drug-likeness (QED) is 0.300. The van der Waals surface area contributed by atoms with Crippen molar-refractivity contribution in [2.75, 3.05) is 7.11 Å². The van der Waals surface area contributed by atoms with Gasteiger partial charge in [0.15, 0.2) is 0 Å². The lowest BCUT2D eigenvalue weighted by Gasteiger charge is -2.19. The summed E-state index contributed by atoms with van der Waals surface area (Å²) in [6.07, 6.45) is 0. The molecule has 0 aliphatic carbocycles. The Morgan fingerprint density at radius 2 is 1.60 bits per heavy atom. The molecular weight excluding hydrogens is 541 g/mol. The van der Waals surface area contributed by atoms with Crippen molar-refractivity contribution in [1.82, 2.24) is 13.7 Å². The lowest BCUT2D eigenvalue weighted by atomic mass is 10.2. The van der Waals surface area contributed by atoms with Crippen molar-refractivity contribution in [3.8, 4) is 28.7 Å². The Morgan fingerprint density at radius 3 is 2.24 bits per heavy atom. The summed E-state index contributed by atoms with van der Waals surface area (Å²) in [7, 11) is 2.92. The fourth-order valence-electron chi connectivity index (χ4n) is 4.54. The number of halogens is 1. The number of hydrogen-bond donors (Lipinski definition) is 1. The molecule has 42 heavy (non-hydrogen) atoms. The fourth-order valence-corrected chi connectivity index (χ4v) is 4.54. The van der Waals surface area contributed by atoms with Crippen molar-refractivity contribution in [2.24, 2.45) is 7.05 Å². The second-order valence-electron chi connectivity index (χ2n) is 9.42. The van der Waals surface area contributed by atoms with Crippen LogP contribution < -0.4 is 26.3 Å². The van der Waals surface area contributed by atoms with Crippen LogP contribution in [0.2, 0.25) is 0 Å². The summed E-state index contributed by atoms with van der Waals surface area (Å²) in [6, 6.07) is 16.9. The minimum Gasteiger partial charge on any atom is -0.508 e. The second-order valence-corrected chi connectivity index (χ2v) is 9.42. The van der Waals surface area contributed by atoms with Crippen LogP contribution in [0.3, 0.4) is 0 Å². The molecule has 1 N–H and O–H groups in total. The lowest BCUT2D eigenvalue weighted by molar-refractivity contribution is 0.414. The van der Waals surface area contributed by atoms with E-state index in [1.165, 1.54) is 32.4 Å². The van der Waals surface area contributed by atoms with Crippen molar-refractivity contribution in [2.45, 2.75) is 34.2 Å². The first-order chi connectivity index (χ1) is 20.1. The van der Waals surface area contributed by atoms with Gasteiger partial charge in [-0.3, -0.25) is 18.7 Å². The van der Waals surface area contributed by atoms with Gasteiger partial charge in [-0.15, -0.1) is 0 Å². The number of benzene rings is 3. The highest BCUT2D eigenvalue weighted by Gasteiger charge is 2.24. The first-order valence-electron chi connectivity index (χ1n) is 13.4. The molecule has 5 aromatic rings. The molecule has 0 fully saturated rings. The molecule has 0 aliphatic rings. The lowest BCUT2D eigenvalue weighted by Crippen LogP contribution is -2.42. The first kappa shape index (κ1) is 29.9. The van der Waals surface area contributed by atoms with Crippen LogP contribution in [0, 0.1) is 19.7 Å². The van der Waals surface area contributed by atoms with Crippen molar-refractivity contribution in [3.05, 3.63) is 120 Å². The molecule has 0 atom stereocenters. The monoisotopic (exact) mass is 573 g/mol. The van der Waals surface area contributed by atoms with Crippen LogP contribution in [-0.2, 0) is 13.6 Å². The Balaban J connectivity index is 0.00000198. The molecule has 2 heterocycles. The fraction of sp³-hybridized carbons (Fsp3) is 0.219. The van der Waals surface area contributed by atoms with Crippen LogP contribution >= 0.6 is 0 Å². The summed E-state index contributed by atoms with van der Waals surface area (Å²) in [5.74, 6) is -0.0841. The van der Waals surface area contributed by atoms with E-state index in [-0.39, 0.29) is 40.5 Å². The second kappa shape index (κ2) is 12.2. The van der Waals surface area contributed by atoms with Gasteiger partial charge in [0.2, 0.25) is 0 Å². The highest BCUT2D eigenvalue weighted by molar-refractivity contribution is 5.83. The van der Waals surface area contributed by atoms with Crippen LogP contribution in [-0.4, -0.2) is 25.9 Å². The Hall–Kier alpha value is -5.12. The maximum atomic E-state index is 15.4. The van der Waals surface area contributed by atoms with Crippen molar-refractivity contribution >= 4 is 11.0 Å². The minimum atomic E-state index is -0.836. The van der Waals surface area contributed by atoms with Gasteiger partial charge in [-0.2, -0.15) is 0 Å². The Bertz CT molecular complexity index is 1960. The molecule has 3 aromatic carbocycles. The zero-order chi connectivity index (χ0) is 30.7. The number of phenols is 1. The van der Waals surface area contributed by atoms with Crippen molar-refractivity contribution < 1.29 is 19.0 Å². The van der Waals surface area contributed by atoms with Crippen LogP contribution in [0.15, 0.2) is 81.1 Å². The number of aryl methyl sites for hydroxylation is 2. The third kappa shape index (κ3) is 5.43. The summed E-state index contributed by atoms with van der Waals surface area (Å²) >= 11 is 0. The van der Waals surface area contributed by atoms with Gasteiger partial charge in [-0.05, 0) is 61.4 Å². The van der Waals surface area contributed by atoms with E-state index >= 15 is 4.39 Å². The number of rotatable bonds is 6. The third-order valence-corrected chi connectivity index (χ3v) is 6.79. The average molecular weight is 574 g/mol. The molecule has 2 aromatic heterocycles. The largest absolute Gasteiger partial charge is 0.508 e. The van der Waals surface area contributed by atoms with E-state index in [1.807, 2.05) is 13.8 Å². The van der Waals surface area contributed by atoms with E-state index in [9.17, 15) is 19.5 Å². The van der Waals surface area contributed by atoms with E-state index in [2.05, 4.69) is 0 Å². The zero-order valence-electron chi connectivity index (χ0n) is 24.3. The number of phenolic OH excluding ortho intramolecular Hbond substituents is 1. The van der Waals surface area contributed by atoms with Gasteiger partial charge in [-0.1, -0.05) is 38.1 Å². The first-order valence-corrected chi connectivity index (χ1v) is 13.4. The molecule has 0 bridgehead atoms. The van der Waals surface area contributed by atoms with Crippen LogP contribution in [0.5, 0.6) is 23.0 Å². The molecule has 218 valence electrons. The molecule has 0 radical (unpaired) electrons. The van der Waals surface area contributed by atoms with Crippen molar-refractivity contribution in [1.29, 1.82) is 0 Å². The summed E-state index contributed by atoms with van der Waals surface area (Å²) in [5, 5.41) is 10.1. The highest BCUT2D eigenvalue weighted by Crippen LogP contribution is 2.32. The third-order valence-electron chi connectivity index (χ3n) is 6.79. The standard InChI is InChI=1S/C30H26FN3O6.C2H6/c1-17-8-13-22(21(31)14-17)34-28-27(29(37)33(30(34)38)16-19-9-11-20(39-4)12-10-19)25(15-26(36)32(28)3)40-24-7-5-6-23(35)18(24)2;1-2/h5-15,35H,16H2,1-4H3;1-2H3. The van der Waals surface area contributed by atoms with Gasteiger partial charge in [0.1, 0.15) is 39.8 Å². The Kier molecular flexibility index (Phi) is 8.65. The molecule has 0 aliphatic heterocycles. The Labute approximate surface area is 241 Å². The van der Waals surface area contributed by atoms with Gasteiger partial charge in [0, 0.05) is 18.7 Å². The molecule has 0 amide bonds. The molecule has 0 saturated carbocycles. The van der Waals surface area contributed by atoms with E-state index in [0.717, 1.165) is 19.8 Å². The molecule has 0 unspecified atom stereocenters. The predicted molar refractivity (Wildman–Crippen MR) is 160 cm³/mol. The van der Waals surface area contributed by atoms with Gasteiger partial charge in [0.05, 0.1) is 19.3 Å². The zero-order valence-corrected chi connectivity index (χ0v) is 24.3. The number of pyridine rings is 1. The topological polar surface area (TPSA) is 105 Å². The summed E-state index contributed by atoms with van der Waals surface area (Å²) < 4.78 is 29.7. The maximum Gasteiger partial charge on any atom is 0.337 e. The van der Waals surface area contributed by atoms with E-state index in [4.69, 9.17) is 9.47 Å². The predicted octanol–water partition coefficient (Wildman–Crippen LogP) is 5.19. The molecule has 5 rings (SSSR count). The van der Waals surface area contributed by atoms with E-state index in [1.54, 1.807) is 56.3 Å². The number of hydrogen-bond acceptors (Lipinski definition) is 6. The highest BCUT2D eigenvalue weighted by atomic mass is 19.1. The van der Waals surface area contributed by atoms with Gasteiger partial charge in [0.25, 0.3) is 11.1 Å². The number of methoxy groups -OCH3 is 1. The van der Waals surface area contributed by atoms with Gasteiger partial charge >= 0.3 is 5.69 Å². The summed E-state index contributed by atoms with van der Waals surface area (Å²) in [4.78, 5) is 41.0. The minimum absolute atomic E-state index is 0.0406. The number of aromatic nitrogens is 3. The number of ether oxygens (including phenoxy) is 2. The Morgan fingerprint density at radius 1 is 0.905 bits per heavy atom. The maximum absolute atomic E-state index is 15.4. The molecule has 9 nitrogen and oxygen atoms in total.